The molecule has 0 unspecified atom stereocenters. The zero-order chi connectivity index (χ0) is 13.8. The van der Waals surface area contributed by atoms with Crippen LogP contribution < -0.4 is 10.2 Å². The van der Waals surface area contributed by atoms with E-state index < -0.39 is 0 Å². The predicted octanol–water partition coefficient (Wildman–Crippen LogP) is 3.33. The van der Waals surface area contributed by atoms with Gasteiger partial charge in [0.25, 0.3) is 0 Å². The second kappa shape index (κ2) is 6.22. The van der Waals surface area contributed by atoms with Crippen LogP contribution in [0.15, 0.2) is 0 Å². The number of nitrogens with zero attached hydrogens (tertiary/aromatic N) is 3. The number of hydrogen-bond acceptors (Lipinski definition) is 4. The van der Waals surface area contributed by atoms with E-state index in [0.29, 0.717) is 5.92 Å². The molecule has 0 aliphatic heterocycles. The molecule has 1 fully saturated rings. The predicted molar refractivity (Wildman–Crippen MR) is 81.1 cm³/mol. The maximum atomic E-state index is 4.82. The third-order valence-electron chi connectivity index (χ3n) is 3.69. The van der Waals surface area contributed by atoms with Gasteiger partial charge in [-0.2, -0.15) is 0 Å². The van der Waals surface area contributed by atoms with Crippen LogP contribution in [0.25, 0.3) is 0 Å². The summed E-state index contributed by atoms with van der Waals surface area (Å²) in [5.41, 5.74) is 1.18. The van der Waals surface area contributed by atoms with Crippen molar-refractivity contribution in [2.45, 2.75) is 52.9 Å². The van der Waals surface area contributed by atoms with Gasteiger partial charge in [-0.3, -0.25) is 0 Å². The van der Waals surface area contributed by atoms with E-state index in [1.807, 2.05) is 0 Å². The number of hydrogen-bond donors (Lipinski definition) is 1. The molecule has 0 amide bonds. The van der Waals surface area contributed by atoms with Crippen LogP contribution in [-0.2, 0) is 0 Å². The quantitative estimate of drug-likeness (QED) is 0.818. The summed E-state index contributed by atoms with van der Waals surface area (Å²) >= 11 is 0. The van der Waals surface area contributed by atoms with Gasteiger partial charge < -0.3 is 10.2 Å². The highest BCUT2D eigenvalue weighted by Crippen LogP contribution is 2.40. The number of anilines is 2. The summed E-state index contributed by atoms with van der Waals surface area (Å²) in [6, 6.07) is 0. The lowest BCUT2D eigenvalue weighted by Gasteiger charge is -2.24. The Morgan fingerprint density at radius 1 is 1.16 bits per heavy atom. The minimum absolute atomic E-state index is 0.595. The fraction of sp³-hybridized carbons (Fsp3) is 0.733. The second-order valence-electron chi connectivity index (χ2n) is 5.25. The fourth-order valence-corrected chi connectivity index (χ4v) is 2.29. The first-order valence-electron chi connectivity index (χ1n) is 7.58. The molecule has 1 aromatic rings. The van der Waals surface area contributed by atoms with E-state index in [1.165, 1.54) is 18.4 Å². The molecule has 1 heterocycles. The normalized spacial score (nSPS) is 14.5. The van der Waals surface area contributed by atoms with Crippen molar-refractivity contribution in [2.75, 3.05) is 29.9 Å². The Balaban J connectivity index is 2.36. The van der Waals surface area contributed by atoms with Gasteiger partial charge in [0.2, 0.25) is 0 Å². The van der Waals surface area contributed by atoms with Crippen molar-refractivity contribution >= 4 is 11.6 Å². The lowest BCUT2D eigenvalue weighted by Crippen LogP contribution is -2.25. The van der Waals surface area contributed by atoms with Crippen LogP contribution in [0, 0.1) is 6.92 Å². The molecule has 4 nitrogen and oxygen atoms in total. The summed E-state index contributed by atoms with van der Waals surface area (Å²) in [6.45, 7) is 11.6. The van der Waals surface area contributed by atoms with Crippen LogP contribution in [0.2, 0.25) is 0 Å². The minimum atomic E-state index is 0.595. The van der Waals surface area contributed by atoms with E-state index in [4.69, 9.17) is 9.97 Å². The lowest BCUT2D eigenvalue weighted by molar-refractivity contribution is 0.811. The van der Waals surface area contributed by atoms with Crippen molar-refractivity contribution < 1.29 is 0 Å². The average molecular weight is 262 g/mol. The SMILES string of the molecule is CCCNc1nc(C2CC2)nc(N(CC)CC)c1C. The van der Waals surface area contributed by atoms with Crippen molar-refractivity contribution in [3.05, 3.63) is 11.4 Å². The second-order valence-corrected chi connectivity index (χ2v) is 5.25. The first kappa shape index (κ1) is 14.1. The Kier molecular flexibility index (Phi) is 4.61. The maximum Gasteiger partial charge on any atom is 0.137 e. The molecule has 0 radical (unpaired) electrons. The Bertz CT molecular complexity index is 422. The molecule has 1 N–H and O–H groups in total. The van der Waals surface area contributed by atoms with Gasteiger partial charge in [0.05, 0.1) is 0 Å². The standard InChI is InChI=1S/C15H26N4/c1-5-10-16-13-11(4)15(19(6-2)7-3)18-14(17-13)12-8-9-12/h12H,5-10H2,1-4H3,(H,16,17,18). The van der Waals surface area contributed by atoms with Crippen molar-refractivity contribution in [1.82, 2.24) is 9.97 Å². The third-order valence-corrected chi connectivity index (χ3v) is 3.69. The lowest BCUT2D eigenvalue weighted by atomic mass is 10.2. The van der Waals surface area contributed by atoms with Gasteiger partial charge in [-0.15, -0.1) is 0 Å². The maximum absolute atomic E-state index is 4.82. The molecule has 19 heavy (non-hydrogen) atoms. The molecule has 0 aromatic carbocycles. The highest BCUT2D eigenvalue weighted by Gasteiger charge is 2.28. The number of rotatable bonds is 7. The van der Waals surface area contributed by atoms with Gasteiger partial charge >= 0.3 is 0 Å². The molecular weight excluding hydrogens is 236 g/mol. The molecule has 106 valence electrons. The van der Waals surface area contributed by atoms with Crippen LogP contribution >= 0.6 is 0 Å². The van der Waals surface area contributed by atoms with Crippen molar-refractivity contribution in [3.8, 4) is 0 Å². The van der Waals surface area contributed by atoms with Crippen LogP contribution in [0.3, 0.4) is 0 Å². The average Bonchev–Trinajstić information content (AvgIpc) is 3.25. The Hall–Kier alpha value is -1.32. The minimum Gasteiger partial charge on any atom is -0.370 e. The van der Waals surface area contributed by atoms with Crippen molar-refractivity contribution in [3.63, 3.8) is 0 Å². The monoisotopic (exact) mass is 262 g/mol. The van der Waals surface area contributed by atoms with E-state index in [2.05, 4.69) is 37.9 Å². The van der Waals surface area contributed by atoms with Crippen molar-refractivity contribution in [1.29, 1.82) is 0 Å². The number of nitrogens with one attached hydrogen (secondary N) is 1. The molecule has 4 heteroatoms. The van der Waals surface area contributed by atoms with Crippen LogP contribution in [0.4, 0.5) is 11.6 Å². The molecule has 0 spiro atoms. The fourth-order valence-electron chi connectivity index (χ4n) is 2.29. The third kappa shape index (κ3) is 3.17. The molecule has 1 saturated carbocycles. The van der Waals surface area contributed by atoms with Gasteiger partial charge in [0.1, 0.15) is 17.5 Å². The Morgan fingerprint density at radius 3 is 2.37 bits per heavy atom. The molecular formula is C15H26N4. The van der Waals surface area contributed by atoms with Gasteiger partial charge in [-0.1, -0.05) is 6.92 Å². The van der Waals surface area contributed by atoms with Crippen LogP contribution in [0.1, 0.15) is 57.3 Å². The smallest absolute Gasteiger partial charge is 0.137 e. The van der Waals surface area contributed by atoms with E-state index >= 15 is 0 Å². The molecule has 1 aromatic heterocycles. The summed E-state index contributed by atoms with van der Waals surface area (Å²) < 4.78 is 0. The van der Waals surface area contributed by atoms with Gasteiger partial charge in [0, 0.05) is 31.1 Å². The zero-order valence-corrected chi connectivity index (χ0v) is 12.7. The van der Waals surface area contributed by atoms with Crippen LogP contribution in [-0.4, -0.2) is 29.6 Å². The molecule has 0 atom stereocenters. The van der Waals surface area contributed by atoms with Gasteiger partial charge in [0.15, 0.2) is 0 Å². The number of aromatic nitrogens is 2. The van der Waals surface area contributed by atoms with E-state index in [9.17, 15) is 0 Å². The highest BCUT2D eigenvalue weighted by atomic mass is 15.2. The summed E-state index contributed by atoms with van der Waals surface area (Å²) in [5.74, 6) is 3.77. The first-order chi connectivity index (χ1) is 9.21. The highest BCUT2D eigenvalue weighted by molar-refractivity contribution is 5.59. The Morgan fingerprint density at radius 2 is 1.84 bits per heavy atom. The van der Waals surface area contributed by atoms with Gasteiger partial charge in [-0.25, -0.2) is 9.97 Å². The van der Waals surface area contributed by atoms with Gasteiger partial charge in [-0.05, 0) is 40.0 Å². The summed E-state index contributed by atoms with van der Waals surface area (Å²) in [5, 5.41) is 3.45. The molecule has 0 bridgehead atoms. The largest absolute Gasteiger partial charge is 0.370 e. The summed E-state index contributed by atoms with van der Waals surface area (Å²) in [6.07, 6.45) is 3.60. The molecule has 1 aliphatic rings. The van der Waals surface area contributed by atoms with E-state index in [0.717, 1.165) is 43.5 Å². The molecule has 2 rings (SSSR count). The van der Waals surface area contributed by atoms with E-state index in [-0.39, 0.29) is 0 Å². The molecule has 1 aliphatic carbocycles. The van der Waals surface area contributed by atoms with Crippen molar-refractivity contribution in [2.24, 2.45) is 0 Å². The first-order valence-corrected chi connectivity index (χ1v) is 7.58. The topological polar surface area (TPSA) is 41.1 Å². The van der Waals surface area contributed by atoms with E-state index in [1.54, 1.807) is 0 Å². The summed E-state index contributed by atoms with van der Waals surface area (Å²) in [4.78, 5) is 11.9. The Labute approximate surface area is 116 Å². The summed E-state index contributed by atoms with van der Waals surface area (Å²) in [7, 11) is 0. The zero-order valence-electron chi connectivity index (χ0n) is 12.7. The van der Waals surface area contributed by atoms with Crippen LogP contribution in [0.5, 0.6) is 0 Å². The molecule has 0 saturated heterocycles.